The molecule has 96 valence electrons. The van der Waals surface area contributed by atoms with Crippen LogP contribution in [0, 0.1) is 22.4 Å². The van der Waals surface area contributed by atoms with E-state index in [1.807, 2.05) is 6.07 Å². The molecule has 0 spiro atoms. The fourth-order valence-electron chi connectivity index (χ4n) is 1.51. The van der Waals surface area contributed by atoms with Crippen LogP contribution in [0.3, 0.4) is 0 Å². The number of hydrogen-bond acceptors (Lipinski definition) is 5. The van der Waals surface area contributed by atoms with Crippen LogP contribution in [0.15, 0.2) is 36.5 Å². The Bertz CT molecular complexity index is 640. The van der Waals surface area contributed by atoms with Crippen molar-refractivity contribution < 1.29 is 14.8 Å². The normalized spacial score (nSPS) is 11.7. The van der Waals surface area contributed by atoms with Crippen LogP contribution >= 0.6 is 0 Å². The predicted octanol–water partition coefficient (Wildman–Crippen LogP) is 1.24. The number of halogens is 1. The van der Waals surface area contributed by atoms with Gasteiger partial charge in [0.15, 0.2) is 5.69 Å². The van der Waals surface area contributed by atoms with Crippen molar-refractivity contribution in [2.45, 2.75) is 0 Å². The monoisotopic (exact) mass is 260 g/mol. The van der Waals surface area contributed by atoms with Gasteiger partial charge in [0.1, 0.15) is 11.6 Å². The highest BCUT2D eigenvalue weighted by Gasteiger charge is 2.05. The Labute approximate surface area is 107 Å². The lowest BCUT2D eigenvalue weighted by molar-refractivity contribution is -0.991. The van der Waals surface area contributed by atoms with E-state index in [0.717, 1.165) is 6.07 Å². The summed E-state index contributed by atoms with van der Waals surface area (Å²) in [6, 6.07) is 8.23. The number of benzene rings is 1. The molecule has 0 radical (unpaired) electrons. The largest absolute Gasteiger partial charge is 0.595 e. The number of quaternary nitrogens is 1. The lowest BCUT2D eigenvalue weighted by atomic mass is 10.2. The van der Waals surface area contributed by atoms with E-state index in [1.165, 1.54) is 30.5 Å². The topological polar surface area (TPSA) is 96.4 Å². The molecule has 0 aliphatic carbocycles. The van der Waals surface area contributed by atoms with Gasteiger partial charge in [0.05, 0.1) is 11.6 Å². The van der Waals surface area contributed by atoms with Crippen LogP contribution in [0.5, 0.6) is 0 Å². The molecule has 2 aromatic rings. The molecule has 0 fully saturated rings. The molecule has 1 unspecified atom stereocenters. The third-order valence-electron chi connectivity index (χ3n) is 2.31. The van der Waals surface area contributed by atoms with E-state index in [0.29, 0.717) is 5.69 Å². The van der Waals surface area contributed by atoms with Crippen LogP contribution in [0.4, 0.5) is 21.6 Å². The van der Waals surface area contributed by atoms with Gasteiger partial charge in [-0.3, -0.25) is 0 Å². The molecule has 1 heterocycles. The Morgan fingerprint density at radius 2 is 2.16 bits per heavy atom. The van der Waals surface area contributed by atoms with E-state index >= 15 is 0 Å². The lowest BCUT2D eigenvalue weighted by Crippen LogP contribution is -2.99. The third kappa shape index (κ3) is 3.23. The second-order valence-electron chi connectivity index (χ2n) is 3.70. The number of hydrogen-bond donors (Lipinski definition) is 3. The summed E-state index contributed by atoms with van der Waals surface area (Å²) in [5.41, 5.74) is 0.554. The van der Waals surface area contributed by atoms with Crippen molar-refractivity contribution in [3.05, 3.63) is 53.1 Å². The molecular formula is C12H9FN4O2. The van der Waals surface area contributed by atoms with Gasteiger partial charge in [-0.25, -0.2) is 14.6 Å². The van der Waals surface area contributed by atoms with E-state index in [-0.39, 0.29) is 17.1 Å². The maximum Gasteiger partial charge on any atom is 0.169 e. The predicted molar refractivity (Wildman–Crippen MR) is 64.4 cm³/mol. The van der Waals surface area contributed by atoms with Crippen molar-refractivity contribution in [1.29, 1.82) is 5.26 Å². The van der Waals surface area contributed by atoms with E-state index in [9.17, 15) is 9.60 Å². The zero-order valence-electron chi connectivity index (χ0n) is 9.59. The van der Waals surface area contributed by atoms with Crippen LogP contribution < -0.4 is 10.5 Å². The zero-order valence-corrected chi connectivity index (χ0v) is 9.59. The number of pyridine rings is 1. The van der Waals surface area contributed by atoms with Gasteiger partial charge >= 0.3 is 0 Å². The molecule has 1 atom stereocenters. The number of rotatable bonds is 3. The van der Waals surface area contributed by atoms with Crippen molar-refractivity contribution in [2.75, 3.05) is 5.32 Å². The highest BCUT2D eigenvalue weighted by atomic mass is 19.1. The number of nitriles is 1. The summed E-state index contributed by atoms with van der Waals surface area (Å²) in [7, 11) is 0. The molecule has 3 N–H and O–H groups in total. The summed E-state index contributed by atoms with van der Waals surface area (Å²) in [6.45, 7) is 0. The highest BCUT2D eigenvalue weighted by molar-refractivity contribution is 5.60. The summed E-state index contributed by atoms with van der Waals surface area (Å²) in [6.07, 6.45) is 1.33. The molecule has 6 nitrogen and oxygen atoms in total. The van der Waals surface area contributed by atoms with E-state index in [2.05, 4.69) is 10.3 Å². The molecule has 19 heavy (non-hydrogen) atoms. The van der Waals surface area contributed by atoms with Gasteiger partial charge in [-0.1, -0.05) is 0 Å². The molecule has 0 saturated carbocycles. The van der Waals surface area contributed by atoms with Crippen molar-refractivity contribution in [2.24, 2.45) is 0 Å². The quantitative estimate of drug-likeness (QED) is 0.721. The van der Waals surface area contributed by atoms with Crippen molar-refractivity contribution in [1.82, 2.24) is 4.98 Å². The zero-order chi connectivity index (χ0) is 13.8. The van der Waals surface area contributed by atoms with Crippen molar-refractivity contribution >= 4 is 17.2 Å². The average molecular weight is 260 g/mol. The van der Waals surface area contributed by atoms with Crippen LogP contribution in [-0.4, -0.2) is 10.2 Å². The third-order valence-corrected chi connectivity index (χ3v) is 2.31. The smallest absolute Gasteiger partial charge is 0.169 e. The molecule has 1 aromatic carbocycles. The fourth-order valence-corrected chi connectivity index (χ4v) is 1.51. The minimum Gasteiger partial charge on any atom is -0.595 e. The van der Waals surface area contributed by atoms with Gasteiger partial charge in [0, 0.05) is 24.0 Å². The first-order valence-electron chi connectivity index (χ1n) is 5.25. The first-order chi connectivity index (χ1) is 9.08. The summed E-state index contributed by atoms with van der Waals surface area (Å²) in [5.74, 6) is -0.301. The van der Waals surface area contributed by atoms with Gasteiger partial charge in [-0.05, 0) is 18.2 Å². The molecule has 0 bridgehead atoms. The van der Waals surface area contributed by atoms with E-state index < -0.39 is 11.0 Å². The van der Waals surface area contributed by atoms with Gasteiger partial charge < -0.3 is 10.5 Å². The minimum atomic E-state index is -1.08. The van der Waals surface area contributed by atoms with Gasteiger partial charge in [0.2, 0.25) is 0 Å². The summed E-state index contributed by atoms with van der Waals surface area (Å²) in [5, 5.41) is 30.0. The van der Waals surface area contributed by atoms with Crippen molar-refractivity contribution in [3.8, 4) is 6.07 Å². The van der Waals surface area contributed by atoms with E-state index in [4.69, 9.17) is 10.5 Å². The SMILES string of the molecule is N#Cc1cc(F)cc(Nc2cc([NH+]([O-])O)ccn2)c1. The van der Waals surface area contributed by atoms with Crippen LogP contribution in [0.1, 0.15) is 5.56 Å². The molecule has 1 aromatic heterocycles. The van der Waals surface area contributed by atoms with Gasteiger partial charge in [-0.2, -0.15) is 10.5 Å². The fraction of sp³-hybridized carbons (Fsp3) is 0. The Morgan fingerprint density at radius 1 is 1.37 bits per heavy atom. The Morgan fingerprint density at radius 3 is 2.84 bits per heavy atom. The maximum atomic E-state index is 13.2. The number of nitrogens with one attached hydrogen (secondary N) is 2. The summed E-state index contributed by atoms with van der Waals surface area (Å²) >= 11 is 0. The first-order valence-corrected chi connectivity index (χ1v) is 5.25. The Balaban J connectivity index is 2.28. The molecule has 0 saturated heterocycles. The summed E-state index contributed by atoms with van der Waals surface area (Å²) in [4.78, 5) is 3.92. The molecule has 0 aliphatic rings. The lowest BCUT2D eigenvalue weighted by Gasteiger charge is -2.12. The second-order valence-corrected chi connectivity index (χ2v) is 3.70. The Kier molecular flexibility index (Phi) is 3.68. The van der Waals surface area contributed by atoms with Crippen molar-refractivity contribution in [3.63, 3.8) is 0 Å². The number of nitrogens with zero attached hydrogens (tertiary/aromatic N) is 2. The molecular weight excluding hydrogens is 251 g/mol. The van der Waals surface area contributed by atoms with E-state index in [1.54, 1.807) is 0 Å². The molecule has 7 heteroatoms. The van der Waals surface area contributed by atoms with Crippen LogP contribution in [-0.2, 0) is 0 Å². The summed E-state index contributed by atoms with van der Waals surface area (Å²) < 4.78 is 13.2. The maximum absolute atomic E-state index is 13.2. The molecule has 0 amide bonds. The second kappa shape index (κ2) is 5.41. The standard InChI is InChI=1S/C12H9FN4O2/c13-9-3-8(7-14)4-10(5-9)16-12-6-11(17(18)19)1-2-15-12/h1-6,17-18H,(H,15,16). The number of anilines is 2. The van der Waals surface area contributed by atoms with Crippen LogP contribution in [0.25, 0.3) is 0 Å². The first kappa shape index (κ1) is 12.9. The molecule has 2 rings (SSSR count). The van der Waals surface area contributed by atoms with Gasteiger partial charge in [-0.15, -0.1) is 0 Å². The van der Waals surface area contributed by atoms with Crippen LogP contribution in [0.2, 0.25) is 0 Å². The minimum absolute atomic E-state index is 0.0643. The molecule has 0 aliphatic heterocycles. The number of aromatic nitrogens is 1. The Hall–Kier alpha value is -2.53. The highest BCUT2D eigenvalue weighted by Crippen LogP contribution is 2.18. The average Bonchev–Trinajstić information content (AvgIpc) is 2.38. The van der Waals surface area contributed by atoms with Gasteiger partial charge in [0.25, 0.3) is 0 Å².